The predicted molar refractivity (Wildman–Crippen MR) is 119 cm³/mol. The number of fused-ring (bicyclic) bond motifs is 1. The van der Waals surface area contributed by atoms with Gasteiger partial charge in [-0.3, -0.25) is 0 Å². The fourth-order valence-electron chi connectivity index (χ4n) is 3.91. The molecule has 1 aromatic carbocycles. The van der Waals surface area contributed by atoms with Gasteiger partial charge in [-0.1, -0.05) is 12.1 Å². The van der Waals surface area contributed by atoms with Crippen molar-refractivity contribution in [2.75, 3.05) is 24.3 Å². The van der Waals surface area contributed by atoms with Crippen molar-refractivity contribution in [3.63, 3.8) is 0 Å². The summed E-state index contributed by atoms with van der Waals surface area (Å²) in [5, 5.41) is 8.41. The molecule has 0 bridgehead atoms. The molecule has 6 heteroatoms. The highest BCUT2D eigenvalue weighted by Gasteiger charge is 2.22. The third-order valence-corrected chi connectivity index (χ3v) is 6.43. The largest absolute Gasteiger partial charge is 0.362 e. The summed E-state index contributed by atoms with van der Waals surface area (Å²) in [5.41, 5.74) is 0.991. The van der Waals surface area contributed by atoms with Crippen LogP contribution in [0.2, 0.25) is 0 Å². The fraction of sp³-hybridized carbons (Fsp3) is 0.455. The number of benzene rings is 1. The second kappa shape index (κ2) is 8.45. The maximum atomic E-state index is 4.78. The van der Waals surface area contributed by atoms with Gasteiger partial charge in [0.05, 0.1) is 5.52 Å². The Kier molecular flexibility index (Phi) is 5.78. The molecule has 0 aliphatic heterocycles. The van der Waals surface area contributed by atoms with Crippen LogP contribution in [-0.4, -0.2) is 36.1 Å². The van der Waals surface area contributed by atoms with E-state index in [9.17, 15) is 0 Å². The van der Waals surface area contributed by atoms with Crippen molar-refractivity contribution < 1.29 is 0 Å². The molecule has 0 unspecified atom stereocenters. The van der Waals surface area contributed by atoms with E-state index in [0.29, 0.717) is 12.1 Å². The lowest BCUT2D eigenvalue weighted by Crippen LogP contribution is -2.36. The monoisotopic (exact) mass is 395 g/mol. The van der Waals surface area contributed by atoms with Crippen LogP contribution >= 0.6 is 11.3 Å². The highest BCUT2D eigenvalue weighted by Crippen LogP contribution is 2.26. The third kappa shape index (κ3) is 4.45. The van der Waals surface area contributed by atoms with Gasteiger partial charge in [-0.15, -0.1) is 11.3 Å². The topological polar surface area (TPSA) is 53.1 Å². The molecule has 2 N–H and O–H groups in total. The van der Waals surface area contributed by atoms with Gasteiger partial charge >= 0.3 is 0 Å². The number of nitrogens with one attached hydrogen (secondary N) is 2. The fourth-order valence-corrected chi connectivity index (χ4v) is 4.76. The first-order valence-electron chi connectivity index (χ1n) is 10.1. The van der Waals surface area contributed by atoms with E-state index < -0.39 is 0 Å². The zero-order valence-corrected chi connectivity index (χ0v) is 17.7. The molecule has 1 aliphatic carbocycles. The van der Waals surface area contributed by atoms with Gasteiger partial charge in [0.15, 0.2) is 0 Å². The molecule has 1 saturated carbocycles. The molecule has 148 valence electrons. The number of aromatic nitrogens is 2. The zero-order chi connectivity index (χ0) is 19.5. The number of nitrogens with zero attached hydrogens (tertiary/aromatic N) is 3. The molecule has 0 saturated heterocycles. The summed E-state index contributed by atoms with van der Waals surface area (Å²) in [6.45, 7) is 3.16. The molecule has 28 heavy (non-hydrogen) atoms. The first-order valence-corrected chi connectivity index (χ1v) is 10.9. The highest BCUT2D eigenvalue weighted by atomic mass is 32.1. The summed E-state index contributed by atoms with van der Waals surface area (Å²) in [7, 11) is 4.06. The molecule has 1 aliphatic rings. The molecule has 0 spiro atoms. The van der Waals surface area contributed by atoms with Crippen molar-refractivity contribution in [3.05, 3.63) is 46.2 Å². The molecule has 3 aromatic rings. The van der Waals surface area contributed by atoms with Crippen LogP contribution in [0.4, 0.5) is 11.8 Å². The smallest absolute Gasteiger partial charge is 0.225 e. The number of para-hydroxylation sites is 1. The summed E-state index contributed by atoms with van der Waals surface area (Å²) < 4.78 is 0. The van der Waals surface area contributed by atoms with E-state index in [1.807, 2.05) is 37.6 Å². The van der Waals surface area contributed by atoms with E-state index in [2.05, 4.69) is 46.7 Å². The summed E-state index contributed by atoms with van der Waals surface area (Å²) in [4.78, 5) is 14.4. The lowest BCUT2D eigenvalue weighted by atomic mass is 9.91. The molecular formula is C22H29N5S. The molecule has 2 aromatic heterocycles. The first kappa shape index (κ1) is 19.2. The van der Waals surface area contributed by atoms with Crippen molar-refractivity contribution in [2.45, 2.75) is 51.2 Å². The highest BCUT2D eigenvalue weighted by molar-refractivity contribution is 7.11. The minimum Gasteiger partial charge on any atom is -0.362 e. The number of aryl methyl sites for hydroxylation is 1. The third-order valence-electron chi connectivity index (χ3n) is 5.43. The van der Waals surface area contributed by atoms with Crippen LogP contribution in [0.5, 0.6) is 0 Å². The summed E-state index contributed by atoms with van der Waals surface area (Å²) in [6.07, 6.45) is 4.68. The molecule has 1 fully saturated rings. The Labute approximate surface area is 171 Å². The lowest BCUT2D eigenvalue weighted by molar-refractivity contribution is 0.353. The van der Waals surface area contributed by atoms with E-state index in [1.54, 1.807) is 0 Å². The van der Waals surface area contributed by atoms with E-state index in [4.69, 9.17) is 9.97 Å². The predicted octanol–water partition coefficient (Wildman–Crippen LogP) is 4.58. The van der Waals surface area contributed by atoms with E-state index in [0.717, 1.165) is 42.1 Å². The molecule has 2 heterocycles. The quantitative estimate of drug-likeness (QED) is 0.640. The number of rotatable bonds is 6. The van der Waals surface area contributed by atoms with Crippen LogP contribution < -0.4 is 15.5 Å². The van der Waals surface area contributed by atoms with Gasteiger partial charge in [-0.25, -0.2) is 4.98 Å². The van der Waals surface area contributed by atoms with Crippen molar-refractivity contribution in [1.29, 1.82) is 0 Å². The minimum atomic E-state index is 0.443. The molecule has 0 radical (unpaired) electrons. The average Bonchev–Trinajstić information content (AvgIpc) is 3.12. The van der Waals surface area contributed by atoms with E-state index in [-0.39, 0.29) is 0 Å². The number of hydrogen-bond donors (Lipinski definition) is 2. The first-order chi connectivity index (χ1) is 13.6. The lowest BCUT2D eigenvalue weighted by Gasteiger charge is -2.30. The second-order valence-corrected chi connectivity index (χ2v) is 9.24. The molecule has 0 atom stereocenters. The van der Waals surface area contributed by atoms with E-state index in [1.165, 1.54) is 22.6 Å². The summed E-state index contributed by atoms with van der Waals surface area (Å²) >= 11 is 1.89. The Balaban J connectivity index is 1.35. The van der Waals surface area contributed by atoms with Crippen molar-refractivity contribution >= 4 is 34.0 Å². The molecule has 4 rings (SSSR count). The normalized spacial score (nSPS) is 19.7. The average molecular weight is 396 g/mol. The summed E-state index contributed by atoms with van der Waals surface area (Å²) in [5.74, 6) is 1.71. The van der Waals surface area contributed by atoms with Crippen LogP contribution in [0, 0.1) is 6.92 Å². The van der Waals surface area contributed by atoms with Crippen molar-refractivity contribution in [1.82, 2.24) is 15.3 Å². The Bertz CT molecular complexity index is 928. The second-order valence-electron chi connectivity index (χ2n) is 7.87. The van der Waals surface area contributed by atoms with Gasteiger partial charge in [-0.2, -0.15) is 4.98 Å². The SMILES string of the molecule is Cc1ccc(CN[C@H]2CC[C@@H](Nc3nc(N(C)C)c4ccccc4n3)CC2)s1. The van der Waals surface area contributed by atoms with Gasteiger partial charge in [0.25, 0.3) is 0 Å². The Morgan fingerprint density at radius 1 is 1.00 bits per heavy atom. The van der Waals surface area contributed by atoms with Gasteiger partial charge in [0, 0.05) is 47.9 Å². The molecular weight excluding hydrogens is 366 g/mol. The van der Waals surface area contributed by atoms with Gasteiger partial charge in [0.1, 0.15) is 5.82 Å². The van der Waals surface area contributed by atoms with Crippen LogP contribution in [0.1, 0.15) is 35.4 Å². The van der Waals surface area contributed by atoms with Crippen LogP contribution in [0.3, 0.4) is 0 Å². The number of anilines is 2. The van der Waals surface area contributed by atoms with Crippen LogP contribution in [0.15, 0.2) is 36.4 Å². The summed E-state index contributed by atoms with van der Waals surface area (Å²) in [6, 6.07) is 13.7. The van der Waals surface area contributed by atoms with Gasteiger partial charge in [-0.05, 0) is 56.9 Å². The van der Waals surface area contributed by atoms with Crippen LogP contribution in [0.25, 0.3) is 10.9 Å². The van der Waals surface area contributed by atoms with Crippen LogP contribution in [-0.2, 0) is 6.54 Å². The number of thiophene rings is 1. The van der Waals surface area contributed by atoms with Crippen molar-refractivity contribution in [2.24, 2.45) is 0 Å². The van der Waals surface area contributed by atoms with Gasteiger partial charge < -0.3 is 15.5 Å². The van der Waals surface area contributed by atoms with Gasteiger partial charge in [0.2, 0.25) is 5.95 Å². The zero-order valence-electron chi connectivity index (χ0n) is 16.9. The Hall–Kier alpha value is -2.18. The Morgan fingerprint density at radius 3 is 2.46 bits per heavy atom. The number of hydrogen-bond acceptors (Lipinski definition) is 6. The Morgan fingerprint density at radius 2 is 1.75 bits per heavy atom. The standard InChI is InChI=1S/C22H29N5S/c1-15-8-13-18(28-15)14-23-16-9-11-17(12-10-16)24-22-25-20-7-5-4-6-19(20)21(26-22)27(2)3/h4-8,13,16-17,23H,9-12,14H2,1-3H3,(H,24,25,26)/t16-,17+. The molecule has 0 amide bonds. The van der Waals surface area contributed by atoms with E-state index >= 15 is 0 Å². The van der Waals surface area contributed by atoms with Crippen molar-refractivity contribution in [3.8, 4) is 0 Å². The maximum absolute atomic E-state index is 4.78. The molecule has 5 nitrogen and oxygen atoms in total. The maximum Gasteiger partial charge on any atom is 0.225 e. The minimum absolute atomic E-state index is 0.443.